The predicted molar refractivity (Wildman–Crippen MR) is 71.0 cm³/mol. The van der Waals surface area contributed by atoms with Gasteiger partial charge in [-0.15, -0.1) is 0 Å². The molecule has 0 radical (unpaired) electrons. The summed E-state index contributed by atoms with van der Waals surface area (Å²) in [7, 11) is -0.919. The lowest BCUT2D eigenvalue weighted by Gasteiger charge is -2.26. The molecule has 90 valence electrons. The summed E-state index contributed by atoms with van der Waals surface area (Å²) >= 11 is 0. The fourth-order valence-corrected chi connectivity index (χ4v) is 4.77. The predicted octanol–water partition coefficient (Wildman–Crippen LogP) is 3.89. The zero-order valence-corrected chi connectivity index (χ0v) is 10.8. The quantitative estimate of drug-likeness (QED) is 0.773. The van der Waals surface area contributed by atoms with E-state index in [4.69, 9.17) is 0 Å². The Morgan fingerprint density at radius 3 is 2.71 bits per heavy atom. The fourth-order valence-electron chi connectivity index (χ4n) is 3.24. The SMILES string of the molecule is O=S(C1=CCC[C@@H]2CCC[C@@H]12)c1ccccc1. The van der Waals surface area contributed by atoms with Gasteiger partial charge in [0.15, 0.2) is 0 Å². The molecule has 0 aromatic heterocycles. The van der Waals surface area contributed by atoms with Crippen LogP contribution in [0.15, 0.2) is 46.2 Å². The van der Waals surface area contributed by atoms with Crippen molar-refractivity contribution in [3.8, 4) is 0 Å². The van der Waals surface area contributed by atoms with Crippen LogP contribution in [0, 0.1) is 11.8 Å². The van der Waals surface area contributed by atoms with Crippen LogP contribution in [0.25, 0.3) is 0 Å². The van der Waals surface area contributed by atoms with Gasteiger partial charge in [0.25, 0.3) is 0 Å². The van der Waals surface area contributed by atoms with Crippen molar-refractivity contribution in [2.24, 2.45) is 11.8 Å². The molecule has 1 saturated carbocycles. The summed E-state index contributed by atoms with van der Waals surface area (Å²) < 4.78 is 12.6. The molecule has 0 bridgehead atoms. The van der Waals surface area contributed by atoms with Crippen molar-refractivity contribution in [2.75, 3.05) is 0 Å². The second-order valence-electron chi connectivity index (χ2n) is 5.06. The largest absolute Gasteiger partial charge is 0.249 e. The zero-order chi connectivity index (χ0) is 11.7. The van der Waals surface area contributed by atoms with E-state index in [1.165, 1.54) is 30.6 Å². The van der Waals surface area contributed by atoms with Crippen LogP contribution in [-0.2, 0) is 10.8 Å². The molecular formula is C15H18OS. The highest BCUT2D eigenvalue weighted by molar-refractivity contribution is 7.89. The highest BCUT2D eigenvalue weighted by atomic mass is 32.2. The summed E-state index contributed by atoms with van der Waals surface area (Å²) in [6, 6.07) is 9.89. The summed E-state index contributed by atoms with van der Waals surface area (Å²) in [5.41, 5.74) is 0. The van der Waals surface area contributed by atoms with E-state index in [1.54, 1.807) is 0 Å². The van der Waals surface area contributed by atoms with Gasteiger partial charge in [-0.25, -0.2) is 4.21 Å². The minimum Gasteiger partial charge on any atom is -0.249 e. The minimum atomic E-state index is -0.919. The average Bonchev–Trinajstić information content (AvgIpc) is 2.87. The Balaban J connectivity index is 1.89. The molecule has 1 unspecified atom stereocenters. The molecule has 2 aliphatic rings. The van der Waals surface area contributed by atoms with E-state index >= 15 is 0 Å². The summed E-state index contributed by atoms with van der Waals surface area (Å²) in [4.78, 5) is 2.18. The second-order valence-corrected chi connectivity index (χ2v) is 6.54. The van der Waals surface area contributed by atoms with E-state index in [-0.39, 0.29) is 0 Å². The van der Waals surface area contributed by atoms with Crippen LogP contribution in [0.3, 0.4) is 0 Å². The molecular weight excluding hydrogens is 228 g/mol. The molecule has 3 rings (SSSR count). The smallest absolute Gasteiger partial charge is 0.0808 e. The van der Waals surface area contributed by atoms with Gasteiger partial charge >= 0.3 is 0 Å². The second kappa shape index (κ2) is 4.77. The van der Waals surface area contributed by atoms with Crippen molar-refractivity contribution in [3.05, 3.63) is 41.3 Å². The van der Waals surface area contributed by atoms with Crippen LogP contribution < -0.4 is 0 Å². The van der Waals surface area contributed by atoms with Crippen molar-refractivity contribution in [2.45, 2.75) is 37.0 Å². The van der Waals surface area contributed by atoms with Gasteiger partial charge in [0, 0.05) is 9.80 Å². The molecule has 0 spiro atoms. The summed E-state index contributed by atoms with van der Waals surface area (Å²) in [5, 5.41) is 0. The molecule has 0 amide bonds. The van der Waals surface area contributed by atoms with Gasteiger partial charge < -0.3 is 0 Å². The number of rotatable bonds is 2. The van der Waals surface area contributed by atoms with Crippen molar-refractivity contribution >= 4 is 10.8 Å². The molecule has 0 saturated heterocycles. The van der Waals surface area contributed by atoms with Gasteiger partial charge in [-0.05, 0) is 49.7 Å². The molecule has 0 N–H and O–H groups in total. The van der Waals surface area contributed by atoms with Crippen LogP contribution in [0.5, 0.6) is 0 Å². The third kappa shape index (κ3) is 2.11. The molecule has 0 heterocycles. The van der Waals surface area contributed by atoms with Gasteiger partial charge in [0.2, 0.25) is 0 Å². The number of allylic oxidation sites excluding steroid dienone is 2. The molecule has 17 heavy (non-hydrogen) atoms. The van der Waals surface area contributed by atoms with E-state index in [1.807, 2.05) is 30.3 Å². The summed E-state index contributed by atoms with van der Waals surface area (Å²) in [6.45, 7) is 0. The van der Waals surface area contributed by atoms with Gasteiger partial charge in [0.05, 0.1) is 10.8 Å². The number of benzene rings is 1. The standard InChI is InChI=1S/C15H18OS/c16-17(13-8-2-1-3-9-13)15-11-5-7-12-6-4-10-14(12)15/h1-3,8-9,11-12,14H,4-7,10H2/t12-,14+,17?/m0/s1. The molecule has 2 heteroatoms. The van der Waals surface area contributed by atoms with Gasteiger partial charge in [-0.2, -0.15) is 0 Å². The lowest BCUT2D eigenvalue weighted by Crippen LogP contribution is -2.17. The van der Waals surface area contributed by atoms with Crippen molar-refractivity contribution < 1.29 is 4.21 Å². The van der Waals surface area contributed by atoms with Crippen molar-refractivity contribution in [1.82, 2.24) is 0 Å². The Morgan fingerprint density at radius 1 is 1.06 bits per heavy atom. The molecule has 1 fully saturated rings. The Labute approximate surface area is 105 Å². The van der Waals surface area contributed by atoms with Crippen LogP contribution in [0.4, 0.5) is 0 Å². The minimum absolute atomic E-state index is 0.602. The van der Waals surface area contributed by atoms with Crippen LogP contribution in [0.1, 0.15) is 32.1 Å². The number of hydrogen-bond acceptors (Lipinski definition) is 1. The Kier molecular flexibility index (Phi) is 3.15. The van der Waals surface area contributed by atoms with Gasteiger partial charge in [-0.1, -0.05) is 30.7 Å². The maximum absolute atomic E-state index is 12.6. The van der Waals surface area contributed by atoms with E-state index in [0.29, 0.717) is 5.92 Å². The Hall–Kier alpha value is -0.890. The third-order valence-electron chi connectivity index (χ3n) is 4.08. The third-order valence-corrected chi connectivity index (χ3v) is 5.68. The van der Waals surface area contributed by atoms with Crippen LogP contribution in [-0.4, -0.2) is 4.21 Å². The normalized spacial score (nSPS) is 29.5. The molecule has 1 aromatic rings. The van der Waals surface area contributed by atoms with Crippen LogP contribution >= 0.6 is 0 Å². The van der Waals surface area contributed by atoms with E-state index in [9.17, 15) is 4.21 Å². The fraction of sp³-hybridized carbons (Fsp3) is 0.467. The average molecular weight is 246 g/mol. The first-order chi connectivity index (χ1) is 8.36. The van der Waals surface area contributed by atoms with E-state index < -0.39 is 10.8 Å². The molecule has 1 nitrogen and oxygen atoms in total. The monoisotopic (exact) mass is 246 g/mol. The van der Waals surface area contributed by atoms with Crippen molar-refractivity contribution in [1.29, 1.82) is 0 Å². The Bertz CT molecular complexity index is 449. The molecule has 0 aliphatic heterocycles. The highest BCUT2D eigenvalue weighted by Gasteiger charge is 2.34. The van der Waals surface area contributed by atoms with Gasteiger partial charge in [-0.3, -0.25) is 0 Å². The maximum atomic E-state index is 12.6. The zero-order valence-electron chi connectivity index (χ0n) is 9.97. The van der Waals surface area contributed by atoms with Gasteiger partial charge in [0.1, 0.15) is 0 Å². The molecule has 2 aliphatic carbocycles. The van der Waals surface area contributed by atoms with Crippen molar-refractivity contribution in [3.63, 3.8) is 0 Å². The topological polar surface area (TPSA) is 17.1 Å². The first-order valence-electron chi connectivity index (χ1n) is 6.53. The summed E-state index contributed by atoms with van der Waals surface area (Å²) in [6.07, 6.45) is 8.58. The maximum Gasteiger partial charge on any atom is 0.0808 e. The Morgan fingerprint density at radius 2 is 1.88 bits per heavy atom. The van der Waals surface area contributed by atoms with E-state index in [2.05, 4.69) is 6.08 Å². The highest BCUT2D eigenvalue weighted by Crippen LogP contribution is 2.44. The lowest BCUT2D eigenvalue weighted by molar-refractivity contribution is 0.404. The lowest BCUT2D eigenvalue weighted by atomic mass is 9.87. The first-order valence-corrected chi connectivity index (χ1v) is 7.68. The number of hydrogen-bond donors (Lipinski definition) is 0. The molecule has 3 atom stereocenters. The van der Waals surface area contributed by atoms with E-state index in [0.717, 1.165) is 17.2 Å². The number of fused-ring (bicyclic) bond motifs is 1. The summed E-state index contributed by atoms with van der Waals surface area (Å²) in [5.74, 6) is 1.41. The molecule has 1 aromatic carbocycles. The first kappa shape index (κ1) is 11.2. The van der Waals surface area contributed by atoms with Crippen LogP contribution in [0.2, 0.25) is 0 Å².